The Labute approximate surface area is 345 Å². The zero-order valence-corrected chi connectivity index (χ0v) is 32.8. The molecule has 59 heavy (non-hydrogen) atoms. The van der Waals surface area contributed by atoms with E-state index in [0.717, 1.165) is 44.6 Å². The van der Waals surface area contributed by atoms with Gasteiger partial charge in [0.15, 0.2) is 0 Å². The summed E-state index contributed by atoms with van der Waals surface area (Å²) < 4.78 is 9.09. The van der Waals surface area contributed by atoms with Gasteiger partial charge in [-0.15, -0.1) is 11.3 Å². The van der Waals surface area contributed by atoms with E-state index < -0.39 is 0 Å². The molecule has 0 unspecified atom stereocenters. The number of thiophene rings is 1. The van der Waals surface area contributed by atoms with Crippen LogP contribution in [0.3, 0.4) is 0 Å². The Balaban J connectivity index is 1.15. The third-order valence-corrected chi connectivity index (χ3v) is 13.0. The van der Waals surface area contributed by atoms with Crippen molar-refractivity contribution in [1.82, 2.24) is 0 Å². The van der Waals surface area contributed by atoms with Crippen LogP contribution in [0.4, 0.5) is 17.1 Å². The predicted octanol–water partition coefficient (Wildman–Crippen LogP) is 16.7. The molecule has 0 atom stereocenters. The SMILES string of the molecule is c1ccc(-c2ccc(N(c3ccc4c(c3)oc3ccccc34)c3ccccc3-c3ccc4sc5ccccc5c4c3-c3cc4ccccc4c4ccccc34)cc2)cc1. The predicted molar refractivity (Wildman–Crippen MR) is 253 cm³/mol. The molecule has 2 aromatic heterocycles. The summed E-state index contributed by atoms with van der Waals surface area (Å²) in [6, 6.07) is 77.1. The van der Waals surface area contributed by atoms with Crippen LogP contribution in [-0.4, -0.2) is 0 Å². The lowest BCUT2D eigenvalue weighted by Crippen LogP contribution is -2.11. The largest absolute Gasteiger partial charge is 0.456 e. The fourth-order valence-electron chi connectivity index (χ4n) is 9.19. The van der Waals surface area contributed by atoms with Crippen LogP contribution in [0.5, 0.6) is 0 Å². The molecule has 0 spiro atoms. The van der Waals surface area contributed by atoms with E-state index in [1.807, 2.05) is 23.5 Å². The summed E-state index contributed by atoms with van der Waals surface area (Å²) in [4.78, 5) is 2.40. The normalized spacial score (nSPS) is 11.7. The molecule has 0 saturated heterocycles. The second-order valence-corrected chi connectivity index (χ2v) is 16.3. The third kappa shape index (κ3) is 5.47. The molecule has 276 valence electrons. The van der Waals surface area contributed by atoms with Gasteiger partial charge in [-0.1, -0.05) is 152 Å². The lowest BCUT2D eigenvalue weighted by Gasteiger charge is -2.29. The number of para-hydroxylation sites is 2. The molecule has 0 saturated carbocycles. The molecule has 3 heteroatoms. The van der Waals surface area contributed by atoms with Gasteiger partial charge < -0.3 is 9.32 Å². The average Bonchev–Trinajstić information content (AvgIpc) is 3.88. The zero-order chi connectivity index (χ0) is 38.9. The average molecular weight is 770 g/mol. The molecule has 2 heterocycles. The van der Waals surface area contributed by atoms with Gasteiger partial charge in [-0.2, -0.15) is 0 Å². The molecule has 0 bridgehead atoms. The molecule has 12 rings (SSSR count). The first-order chi connectivity index (χ1) is 29.3. The second kappa shape index (κ2) is 13.6. The molecular weight excluding hydrogens is 735 g/mol. The summed E-state index contributed by atoms with van der Waals surface area (Å²) >= 11 is 1.87. The molecule has 0 aliphatic heterocycles. The van der Waals surface area contributed by atoms with Crippen molar-refractivity contribution in [2.24, 2.45) is 0 Å². The van der Waals surface area contributed by atoms with Crippen LogP contribution < -0.4 is 4.90 Å². The summed E-state index contributed by atoms with van der Waals surface area (Å²) in [5, 5.41) is 9.81. The molecule has 12 aromatic rings. The highest BCUT2D eigenvalue weighted by molar-refractivity contribution is 7.26. The van der Waals surface area contributed by atoms with E-state index in [1.54, 1.807) is 0 Å². The van der Waals surface area contributed by atoms with Crippen molar-refractivity contribution in [2.45, 2.75) is 0 Å². The van der Waals surface area contributed by atoms with Crippen molar-refractivity contribution in [3.63, 3.8) is 0 Å². The summed E-state index contributed by atoms with van der Waals surface area (Å²) in [6.07, 6.45) is 0. The Kier molecular flexibility index (Phi) is 7.75. The first-order valence-electron chi connectivity index (χ1n) is 20.1. The summed E-state index contributed by atoms with van der Waals surface area (Å²) in [5.74, 6) is 0. The van der Waals surface area contributed by atoms with Crippen LogP contribution in [0.2, 0.25) is 0 Å². The van der Waals surface area contributed by atoms with E-state index in [-0.39, 0.29) is 0 Å². The van der Waals surface area contributed by atoms with E-state index >= 15 is 0 Å². The number of rotatable bonds is 6. The Morgan fingerprint density at radius 1 is 0.356 bits per heavy atom. The van der Waals surface area contributed by atoms with Crippen molar-refractivity contribution in [3.05, 3.63) is 212 Å². The van der Waals surface area contributed by atoms with Gasteiger partial charge in [0.05, 0.1) is 5.69 Å². The lowest BCUT2D eigenvalue weighted by atomic mass is 9.86. The van der Waals surface area contributed by atoms with E-state index in [4.69, 9.17) is 4.42 Å². The molecule has 0 aliphatic carbocycles. The molecule has 0 aliphatic rings. The maximum Gasteiger partial charge on any atom is 0.137 e. The highest BCUT2D eigenvalue weighted by Crippen LogP contribution is 2.51. The molecule has 0 N–H and O–H groups in total. The number of furan rings is 1. The van der Waals surface area contributed by atoms with E-state index in [1.165, 1.54) is 69.5 Å². The van der Waals surface area contributed by atoms with Crippen molar-refractivity contribution in [3.8, 4) is 33.4 Å². The maximum absolute atomic E-state index is 6.51. The Bertz CT molecular complexity index is 3560. The van der Waals surface area contributed by atoms with Crippen LogP contribution in [0, 0.1) is 0 Å². The molecule has 2 nitrogen and oxygen atoms in total. The standard InChI is InChI=1S/C56H35NOS/c1-2-14-36(15-3-1)37-26-28-39(29-27-37)57(40-30-31-46-45-21-9-12-24-51(45)58-52(46)35-40)50-23-11-8-20-44(50)47-32-33-54-56(48-22-10-13-25-53(48)59-54)55(47)49-34-38-16-4-5-17-41(38)42-18-6-7-19-43(42)49/h1-35H. The number of hydrogen-bond acceptors (Lipinski definition) is 3. The number of hydrogen-bond donors (Lipinski definition) is 0. The highest BCUT2D eigenvalue weighted by Gasteiger charge is 2.24. The van der Waals surface area contributed by atoms with E-state index in [0.29, 0.717) is 0 Å². The summed E-state index contributed by atoms with van der Waals surface area (Å²) in [5.41, 5.74) is 12.1. The van der Waals surface area contributed by atoms with Gasteiger partial charge in [-0.05, 0) is 104 Å². The number of benzene rings is 10. The minimum Gasteiger partial charge on any atom is -0.456 e. The van der Waals surface area contributed by atoms with Crippen LogP contribution in [0.15, 0.2) is 217 Å². The van der Waals surface area contributed by atoms with Crippen LogP contribution in [-0.2, 0) is 0 Å². The van der Waals surface area contributed by atoms with Crippen molar-refractivity contribution in [1.29, 1.82) is 0 Å². The van der Waals surface area contributed by atoms with Crippen molar-refractivity contribution in [2.75, 3.05) is 4.90 Å². The quantitative estimate of drug-likeness (QED) is 0.157. The van der Waals surface area contributed by atoms with Gasteiger partial charge in [-0.3, -0.25) is 0 Å². The van der Waals surface area contributed by atoms with Gasteiger partial charge in [0.2, 0.25) is 0 Å². The second-order valence-electron chi connectivity index (χ2n) is 15.2. The topological polar surface area (TPSA) is 16.4 Å². The maximum atomic E-state index is 6.51. The van der Waals surface area contributed by atoms with Gasteiger partial charge in [0.1, 0.15) is 11.2 Å². The molecular formula is C56H35NOS. The zero-order valence-electron chi connectivity index (χ0n) is 32.0. The Hall–Kier alpha value is -7.46. The van der Waals surface area contributed by atoms with Crippen LogP contribution in [0.25, 0.3) is 97.0 Å². The molecule has 0 radical (unpaired) electrons. The van der Waals surface area contributed by atoms with E-state index in [9.17, 15) is 0 Å². The Morgan fingerprint density at radius 3 is 1.86 bits per heavy atom. The fraction of sp³-hybridized carbons (Fsp3) is 0. The van der Waals surface area contributed by atoms with Crippen LogP contribution in [0.1, 0.15) is 0 Å². The van der Waals surface area contributed by atoms with Crippen molar-refractivity contribution < 1.29 is 4.42 Å². The third-order valence-electron chi connectivity index (χ3n) is 11.9. The molecule has 10 aromatic carbocycles. The smallest absolute Gasteiger partial charge is 0.137 e. The summed E-state index contributed by atoms with van der Waals surface area (Å²) in [7, 11) is 0. The summed E-state index contributed by atoms with van der Waals surface area (Å²) in [6.45, 7) is 0. The van der Waals surface area contributed by atoms with Gasteiger partial charge in [-0.25, -0.2) is 0 Å². The molecule has 0 fully saturated rings. The highest BCUT2D eigenvalue weighted by atomic mass is 32.1. The van der Waals surface area contributed by atoms with Gasteiger partial charge >= 0.3 is 0 Å². The van der Waals surface area contributed by atoms with Crippen LogP contribution >= 0.6 is 11.3 Å². The minimum atomic E-state index is 0.863. The van der Waals surface area contributed by atoms with Crippen molar-refractivity contribution >= 4 is 92.1 Å². The van der Waals surface area contributed by atoms with Gasteiger partial charge in [0, 0.05) is 53.9 Å². The first kappa shape index (κ1) is 33.7. The Morgan fingerprint density at radius 2 is 1.00 bits per heavy atom. The number of nitrogens with zero attached hydrogens (tertiary/aromatic N) is 1. The minimum absolute atomic E-state index is 0.863. The van der Waals surface area contributed by atoms with E-state index in [2.05, 4.69) is 205 Å². The monoisotopic (exact) mass is 769 g/mol. The molecule has 0 amide bonds. The number of fused-ring (bicyclic) bond motifs is 9. The van der Waals surface area contributed by atoms with Gasteiger partial charge in [0.25, 0.3) is 0 Å². The first-order valence-corrected chi connectivity index (χ1v) is 20.9. The fourth-order valence-corrected chi connectivity index (χ4v) is 10.3. The number of anilines is 3. The lowest BCUT2D eigenvalue weighted by molar-refractivity contribution is 0.669.